The number of hydrogen-bond donors (Lipinski definition) is 0. The van der Waals surface area contributed by atoms with E-state index in [2.05, 4.69) is 14.7 Å². The molecule has 0 N–H and O–H groups in total. The fourth-order valence-electron chi connectivity index (χ4n) is 2.38. The molecule has 0 spiro atoms. The first-order chi connectivity index (χ1) is 5.83. The smallest absolute Gasteiger partial charge is 0.0891 e. The van der Waals surface area contributed by atoms with Crippen molar-refractivity contribution < 1.29 is 0 Å². The lowest BCUT2D eigenvalue weighted by Gasteiger charge is -2.11. The summed E-state index contributed by atoms with van der Waals surface area (Å²) in [6, 6.07) is 0. The van der Waals surface area contributed by atoms with Gasteiger partial charge >= 0.3 is 0 Å². The van der Waals surface area contributed by atoms with Gasteiger partial charge in [-0.05, 0) is 0 Å². The van der Waals surface area contributed by atoms with Crippen LogP contribution in [0.15, 0.2) is 0 Å². The van der Waals surface area contributed by atoms with Gasteiger partial charge in [0, 0.05) is 0 Å². The first kappa shape index (κ1) is 10.2. The molecule has 2 atom stereocenters. The Kier molecular flexibility index (Phi) is 4.87. The topological polar surface area (TPSA) is 0 Å². The third kappa shape index (κ3) is 3.69. The van der Waals surface area contributed by atoms with Crippen molar-refractivity contribution in [3.05, 3.63) is 0 Å². The number of rotatable bonds is 1. The summed E-state index contributed by atoms with van der Waals surface area (Å²) in [5, 5.41) is 0. The van der Waals surface area contributed by atoms with Gasteiger partial charge in [-0.25, -0.2) is 0 Å². The molecule has 0 radical (unpaired) electrons. The molecule has 0 aromatic heterocycles. The minimum Gasteiger partial charge on any atom is -0.0891 e. The second kappa shape index (κ2) is 5.72. The monoisotopic (exact) mass is 164 g/mol. The zero-order valence-corrected chi connectivity index (χ0v) is 8.81. The Morgan fingerprint density at radius 1 is 1.00 bits per heavy atom. The summed E-state index contributed by atoms with van der Waals surface area (Å²) in [4.78, 5) is 0. The average Bonchev–Trinajstić information content (AvgIpc) is 2.17. The van der Waals surface area contributed by atoms with Crippen molar-refractivity contribution in [1.82, 2.24) is 0 Å². The summed E-state index contributed by atoms with van der Waals surface area (Å²) in [5.74, 6) is 2.05. The summed E-state index contributed by atoms with van der Waals surface area (Å²) >= 11 is 0. The van der Waals surface area contributed by atoms with Crippen LogP contribution in [0.3, 0.4) is 0 Å². The third-order valence-electron chi connectivity index (χ3n) is 3.45. The Morgan fingerprint density at radius 2 is 1.58 bits per heavy atom. The normalized spacial score (nSPS) is 33.1. The van der Waals surface area contributed by atoms with Crippen molar-refractivity contribution in [3.63, 3.8) is 0 Å². The quantitative estimate of drug-likeness (QED) is 0.522. The van der Waals surface area contributed by atoms with Gasteiger partial charge in [-0.1, -0.05) is 63.4 Å². The van der Waals surface area contributed by atoms with Gasteiger partial charge in [0.2, 0.25) is 0 Å². The van der Waals surface area contributed by atoms with E-state index < -0.39 is 0 Å². The maximum Gasteiger partial charge on any atom is 0.120 e. The van der Waals surface area contributed by atoms with Gasteiger partial charge in [0.1, 0.15) is 15.1 Å². The molecule has 0 aromatic rings. The van der Waals surface area contributed by atoms with Crippen LogP contribution in [0, 0.1) is 0 Å². The van der Waals surface area contributed by atoms with Gasteiger partial charge in [0.15, 0.2) is 0 Å². The fourth-order valence-corrected chi connectivity index (χ4v) is 2.38. The average molecular weight is 164 g/mol. The Bertz CT molecular complexity index is 114. The summed E-state index contributed by atoms with van der Waals surface area (Å²) in [6.45, 7) is 2.35. The zero-order chi connectivity index (χ0) is 8.81. The Hall–Kier alpha value is 0.130. The molecule has 2 heteroatoms. The summed E-state index contributed by atoms with van der Waals surface area (Å²) < 4.78 is 0. The molecular formula is C10H22B2. The predicted octanol–water partition coefficient (Wildman–Crippen LogP) is 2.43. The number of hydrogen-bond acceptors (Lipinski definition) is 0. The van der Waals surface area contributed by atoms with Crippen molar-refractivity contribution in [2.75, 3.05) is 0 Å². The highest BCUT2D eigenvalue weighted by Crippen LogP contribution is 2.28. The molecule has 1 aliphatic rings. The van der Waals surface area contributed by atoms with E-state index in [9.17, 15) is 0 Å². The fraction of sp³-hybridized carbons (Fsp3) is 1.00. The first-order valence-electron chi connectivity index (χ1n) is 5.83. The third-order valence-corrected chi connectivity index (χ3v) is 3.45. The van der Waals surface area contributed by atoms with Crippen LogP contribution >= 0.6 is 0 Å². The molecule has 0 bridgehead atoms. The highest BCUT2D eigenvalue weighted by molar-refractivity contribution is 6.35. The van der Waals surface area contributed by atoms with E-state index in [0.29, 0.717) is 0 Å². The zero-order valence-electron chi connectivity index (χ0n) is 8.81. The van der Waals surface area contributed by atoms with Gasteiger partial charge in [0.05, 0.1) is 0 Å². The van der Waals surface area contributed by atoms with Crippen LogP contribution in [0.25, 0.3) is 0 Å². The van der Waals surface area contributed by atoms with Crippen molar-refractivity contribution >= 4 is 15.1 Å². The van der Waals surface area contributed by atoms with Crippen LogP contribution in [0.2, 0.25) is 18.5 Å². The molecule has 0 heterocycles. The summed E-state index contributed by atoms with van der Waals surface area (Å²) in [5.41, 5.74) is 0. The van der Waals surface area contributed by atoms with E-state index >= 15 is 0 Å². The van der Waals surface area contributed by atoms with Crippen molar-refractivity contribution in [2.24, 2.45) is 0 Å². The summed E-state index contributed by atoms with van der Waals surface area (Å²) in [6.07, 6.45) is 10.4. The molecule has 1 fully saturated rings. The van der Waals surface area contributed by atoms with Crippen LogP contribution in [-0.4, -0.2) is 15.1 Å². The molecule has 68 valence electrons. The highest BCUT2D eigenvalue weighted by atomic mass is 14.1. The standard InChI is InChI=1S/C10H22B2/c1-12-10-7-3-2-5-9(11)6-4-8-10/h9-10,12H,2-8,11H2,1H3. The van der Waals surface area contributed by atoms with E-state index in [1.807, 2.05) is 0 Å². The molecule has 0 aromatic carbocycles. The lowest BCUT2D eigenvalue weighted by molar-refractivity contribution is 0.619. The molecule has 0 amide bonds. The molecule has 1 aliphatic carbocycles. The van der Waals surface area contributed by atoms with E-state index in [1.165, 1.54) is 52.2 Å². The van der Waals surface area contributed by atoms with Crippen LogP contribution in [-0.2, 0) is 0 Å². The summed E-state index contributed by atoms with van der Waals surface area (Å²) in [7, 11) is 3.83. The van der Waals surface area contributed by atoms with E-state index in [1.54, 1.807) is 0 Å². The molecule has 1 rings (SSSR count). The largest absolute Gasteiger partial charge is 0.120 e. The van der Waals surface area contributed by atoms with E-state index in [0.717, 1.165) is 11.6 Å². The van der Waals surface area contributed by atoms with Crippen molar-refractivity contribution in [1.29, 1.82) is 0 Å². The van der Waals surface area contributed by atoms with Gasteiger partial charge in [-0.15, -0.1) is 0 Å². The lowest BCUT2D eigenvalue weighted by Crippen LogP contribution is -1.99. The molecule has 0 nitrogen and oxygen atoms in total. The van der Waals surface area contributed by atoms with Crippen LogP contribution in [0.5, 0.6) is 0 Å². The molecule has 2 unspecified atom stereocenters. The maximum atomic E-state index is 2.42. The van der Waals surface area contributed by atoms with Crippen LogP contribution < -0.4 is 0 Å². The van der Waals surface area contributed by atoms with E-state index in [-0.39, 0.29) is 0 Å². The maximum absolute atomic E-state index is 2.42. The minimum atomic E-state index is 1.00. The Morgan fingerprint density at radius 3 is 2.33 bits per heavy atom. The SMILES string of the molecule is BC1CCCCC(BC)CCC1. The lowest BCUT2D eigenvalue weighted by atomic mass is 9.63. The van der Waals surface area contributed by atoms with E-state index in [4.69, 9.17) is 0 Å². The molecule has 0 saturated heterocycles. The first-order valence-corrected chi connectivity index (χ1v) is 5.83. The molecule has 1 saturated carbocycles. The van der Waals surface area contributed by atoms with Gasteiger partial charge in [-0.3, -0.25) is 0 Å². The van der Waals surface area contributed by atoms with Crippen molar-refractivity contribution in [3.8, 4) is 0 Å². The molecule has 0 aliphatic heterocycles. The van der Waals surface area contributed by atoms with Gasteiger partial charge in [0.25, 0.3) is 0 Å². The minimum absolute atomic E-state index is 1.00. The Balaban J connectivity index is 2.26. The highest BCUT2D eigenvalue weighted by Gasteiger charge is 2.11. The van der Waals surface area contributed by atoms with Crippen molar-refractivity contribution in [2.45, 2.75) is 63.4 Å². The van der Waals surface area contributed by atoms with Gasteiger partial charge < -0.3 is 0 Å². The Labute approximate surface area is 79.2 Å². The van der Waals surface area contributed by atoms with Crippen LogP contribution in [0.1, 0.15) is 44.9 Å². The van der Waals surface area contributed by atoms with Crippen LogP contribution in [0.4, 0.5) is 0 Å². The predicted molar refractivity (Wildman–Crippen MR) is 61.4 cm³/mol. The second-order valence-corrected chi connectivity index (χ2v) is 4.59. The second-order valence-electron chi connectivity index (χ2n) is 4.59. The molecular weight excluding hydrogens is 142 g/mol. The molecule has 12 heavy (non-hydrogen) atoms. The van der Waals surface area contributed by atoms with Gasteiger partial charge in [-0.2, -0.15) is 0 Å².